The van der Waals surface area contributed by atoms with Crippen molar-refractivity contribution >= 4 is 11.9 Å². The van der Waals surface area contributed by atoms with Gasteiger partial charge in [-0.1, -0.05) is 37.1 Å². The molecule has 6 heteroatoms. The molecule has 1 aliphatic rings. The largest absolute Gasteiger partial charge is 0.356 e. The van der Waals surface area contributed by atoms with Crippen LogP contribution in [0.2, 0.25) is 0 Å². The van der Waals surface area contributed by atoms with E-state index in [-0.39, 0.29) is 11.9 Å². The first-order valence-corrected chi connectivity index (χ1v) is 8.76. The molecule has 0 radical (unpaired) electrons. The predicted octanol–water partition coefficient (Wildman–Crippen LogP) is 1.74. The Morgan fingerprint density at radius 1 is 1.08 bits per heavy atom. The van der Waals surface area contributed by atoms with Gasteiger partial charge in [-0.3, -0.25) is 4.79 Å². The highest BCUT2D eigenvalue weighted by Gasteiger charge is 2.15. The van der Waals surface area contributed by atoms with Gasteiger partial charge in [0.05, 0.1) is 0 Å². The molecular weight excluding hydrogens is 304 g/mol. The zero-order valence-corrected chi connectivity index (χ0v) is 14.2. The van der Waals surface area contributed by atoms with E-state index in [1.54, 1.807) is 4.90 Å². The van der Waals surface area contributed by atoms with E-state index in [1.807, 2.05) is 24.3 Å². The fourth-order valence-corrected chi connectivity index (χ4v) is 2.73. The topological polar surface area (TPSA) is 87.5 Å². The van der Waals surface area contributed by atoms with Crippen LogP contribution >= 0.6 is 0 Å². The van der Waals surface area contributed by atoms with Crippen LogP contribution in [0.3, 0.4) is 0 Å². The zero-order chi connectivity index (χ0) is 17.2. The molecule has 0 atom stereocenters. The van der Waals surface area contributed by atoms with Crippen molar-refractivity contribution in [2.75, 3.05) is 19.6 Å². The molecule has 1 aromatic carbocycles. The maximum absolute atomic E-state index is 12.4. The van der Waals surface area contributed by atoms with Gasteiger partial charge in [0.1, 0.15) is 0 Å². The molecule has 132 valence electrons. The Morgan fingerprint density at radius 2 is 1.79 bits per heavy atom. The van der Waals surface area contributed by atoms with Crippen molar-refractivity contribution in [3.8, 4) is 0 Å². The first-order chi connectivity index (χ1) is 11.7. The standard InChI is InChI=1S/C18H28N4O2/c19-13-15-5-7-16(8-6-15)14-21-18(24)22-11-4-2-1-3-10-20-17(23)9-12-22/h5-8H,1-4,9-14,19H2,(H,20,23)(H,21,24). The van der Waals surface area contributed by atoms with Crippen LogP contribution < -0.4 is 16.4 Å². The molecule has 4 N–H and O–H groups in total. The minimum atomic E-state index is -0.107. The summed E-state index contributed by atoms with van der Waals surface area (Å²) in [5.74, 6) is 0.0204. The van der Waals surface area contributed by atoms with Crippen LogP contribution in [0, 0.1) is 0 Å². The average Bonchev–Trinajstić information content (AvgIpc) is 2.65. The summed E-state index contributed by atoms with van der Waals surface area (Å²) in [6, 6.07) is 7.79. The fraction of sp³-hybridized carbons (Fsp3) is 0.556. The van der Waals surface area contributed by atoms with Gasteiger partial charge >= 0.3 is 6.03 Å². The number of carbonyl (C=O) groups excluding carboxylic acids is 2. The zero-order valence-electron chi connectivity index (χ0n) is 14.2. The van der Waals surface area contributed by atoms with Gasteiger partial charge < -0.3 is 21.3 Å². The molecule has 1 aromatic rings. The lowest BCUT2D eigenvalue weighted by atomic mass is 10.1. The SMILES string of the molecule is NCc1ccc(CNC(=O)N2CCCCCCNC(=O)CC2)cc1. The number of hydrogen-bond donors (Lipinski definition) is 3. The van der Waals surface area contributed by atoms with Crippen LogP contribution in [-0.2, 0) is 17.9 Å². The Morgan fingerprint density at radius 3 is 2.54 bits per heavy atom. The number of urea groups is 1. The van der Waals surface area contributed by atoms with Gasteiger partial charge in [-0.05, 0) is 24.0 Å². The Hall–Kier alpha value is -2.08. The normalized spacial score (nSPS) is 16.9. The van der Waals surface area contributed by atoms with Crippen molar-refractivity contribution in [1.82, 2.24) is 15.5 Å². The monoisotopic (exact) mass is 332 g/mol. The van der Waals surface area contributed by atoms with Crippen LogP contribution in [0.5, 0.6) is 0 Å². The number of carbonyl (C=O) groups is 2. The number of hydrogen-bond acceptors (Lipinski definition) is 3. The summed E-state index contributed by atoms with van der Waals surface area (Å²) in [6.07, 6.45) is 4.52. The van der Waals surface area contributed by atoms with Crippen LogP contribution in [-0.4, -0.2) is 36.5 Å². The summed E-state index contributed by atoms with van der Waals surface area (Å²) in [5, 5.41) is 5.85. The lowest BCUT2D eigenvalue weighted by molar-refractivity contribution is -0.121. The van der Waals surface area contributed by atoms with Crippen LogP contribution in [0.25, 0.3) is 0 Å². The molecule has 1 heterocycles. The second kappa shape index (κ2) is 9.93. The van der Waals surface area contributed by atoms with Crippen molar-refractivity contribution in [1.29, 1.82) is 0 Å². The van der Waals surface area contributed by atoms with E-state index in [0.29, 0.717) is 32.6 Å². The molecule has 0 unspecified atom stereocenters. The lowest BCUT2D eigenvalue weighted by Gasteiger charge is -2.22. The first-order valence-electron chi connectivity index (χ1n) is 8.76. The third kappa shape index (κ3) is 6.20. The summed E-state index contributed by atoms with van der Waals surface area (Å²) < 4.78 is 0. The molecule has 0 aromatic heterocycles. The second-order valence-electron chi connectivity index (χ2n) is 6.18. The molecule has 24 heavy (non-hydrogen) atoms. The van der Waals surface area contributed by atoms with E-state index in [2.05, 4.69) is 10.6 Å². The van der Waals surface area contributed by atoms with E-state index in [4.69, 9.17) is 5.73 Å². The van der Waals surface area contributed by atoms with Crippen molar-refractivity contribution in [2.24, 2.45) is 5.73 Å². The van der Waals surface area contributed by atoms with Crippen molar-refractivity contribution in [3.63, 3.8) is 0 Å². The maximum atomic E-state index is 12.4. The number of nitrogens with two attached hydrogens (primary N) is 1. The minimum absolute atomic E-state index is 0.0204. The molecule has 0 saturated carbocycles. The molecule has 0 spiro atoms. The Kier molecular flexibility index (Phi) is 7.55. The Labute approximate surface area is 143 Å². The summed E-state index contributed by atoms with van der Waals surface area (Å²) in [5.41, 5.74) is 7.69. The van der Waals surface area contributed by atoms with Crippen molar-refractivity contribution in [3.05, 3.63) is 35.4 Å². The molecular formula is C18H28N4O2. The van der Waals surface area contributed by atoms with Gasteiger partial charge in [-0.15, -0.1) is 0 Å². The number of nitrogens with zero attached hydrogens (tertiary/aromatic N) is 1. The van der Waals surface area contributed by atoms with E-state index in [1.165, 1.54) is 0 Å². The molecule has 1 saturated heterocycles. The number of benzene rings is 1. The van der Waals surface area contributed by atoms with Gasteiger partial charge in [0.15, 0.2) is 0 Å². The first kappa shape index (κ1) is 18.3. The smallest absolute Gasteiger partial charge is 0.317 e. The number of nitrogens with one attached hydrogen (secondary N) is 2. The van der Waals surface area contributed by atoms with E-state index in [9.17, 15) is 9.59 Å². The van der Waals surface area contributed by atoms with Crippen LogP contribution in [0.15, 0.2) is 24.3 Å². The minimum Gasteiger partial charge on any atom is -0.356 e. The van der Waals surface area contributed by atoms with Crippen molar-refractivity contribution in [2.45, 2.75) is 45.2 Å². The van der Waals surface area contributed by atoms with Gasteiger partial charge in [0, 0.05) is 39.1 Å². The summed E-state index contributed by atoms with van der Waals surface area (Å²) in [4.78, 5) is 25.9. The summed E-state index contributed by atoms with van der Waals surface area (Å²) in [6.45, 7) is 2.90. The number of amides is 3. The predicted molar refractivity (Wildman–Crippen MR) is 94.2 cm³/mol. The molecule has 6 nitrogen and oxygen atoms in total. The lowest BCUT2D eigenvalue weighted by Crippen LogP contribution is -2.42. The van der Waals surface area contributed by atoms with E-state index < -0.39 is 0 Å². The number of rotatable bonds is 3. The highest BCUT2D eigenvalue weighted by molar-refractivity contribution is 5.78. The quantitative estimate of drug-likeness (QED) is 0.788. The molecule has 0 bridgehead atoms. The summed E-state index contributed by atoms with van der Waals surface area (Å²) >= 11 is 0. The van der Waals surface area contributed by atoms with Gasteiger partial charge in [-0.2, -0.15) is 0 Å². The maximum Gasteiger partial charge on any atom is 0.317 e. The molecule has 0 aliphatic carbocycles. The van der Waals surface area contributed by atoms with E-state index >= 15 is 0 Å². The second-order valence-corrected chi connectivity index (χ2v) is 6.18. The molecule has 1 aliphatic heterocycles. The molecule has 3 amide bonds. The highest BCUT2D eigenvalue weighted by Crippen LogP contribution is 2.06. The van der Waals surface area contributed by atoms with Crippen molar-refractivity contribution < 1.29 is 9.59 Å². The Bertz CT molecular complexity index is 530. The van der Waals surface area contributed by atoms with Gasteiger partial charge in [0.2, 0.25) is 5.91 Å². The molecule has 1 fully saturated rings. The third-order valence-electron chi connectivity index (χ3n) is 4.28. The van der Waals surface area contributed by atoms with E-state index in [0.717, 1.165) is 43.4 Å². The average molecular weight is 332 g/mol. The highest BCUT2D eigenvalue weighted by atomic mass is 16.2. The van der Waals surface area contributed by atoms with Crippen LogP contribution in [0.4, 0.5) is 4.79 Å². The van der Waals surface area contributed by atoms with Gasteiger partial charge in [0.25, 0.3) is 0 Å². The fourth-order valence-electron chi connectivity index (χ4n) is 2.73. The third-order valence-corrected chi connectivity index (χ3v) is 4.28. The molecule has 2 rings (SSSR count). The van der Waals surface area contributed by atoms with Gasteiger partial charge in [-0.25, -0.2) is 4.79 Å². The van der Waals surface area contributed by atoms with Crippen LogP contribution in [0.1, 0.15) is 43.2 Å². The summed E-state index contributed by atoms with van der Waals surface area (Å²) in [7, 11) is 0. The Balaban J connectivity index is 1.85.